The van der Waals surface area contributed by atoms with Crippen LogP contribution < -0.4 is 0 Å². The van der Waals surface area contributed by atoms with E-state index in [1.54, 1.807) is 0 Å². The Bertz CT molecular complexity index is 627. The monoisotopic (exact) mass is 343 g/mol. The number of piperazine rings is 1. The summed E-state index contributed by atoms with van der Waals surface area (Å²) in [6.07, 6.45) is 0.642. The molecule has 4 rings (SSSR count). The number of nitrogens with zero attached hydrogens (tertiary/aromatic N) is 3. The second-order valence-corrected chi connectivity index (χ2v) is 8.54. The first kappa shape index (κ1) is 17.0. The fourth-order valence-electron chi connectivity index (χ4n) is 5.02. The number of likely N-dealkylation sites (tertiary alicyclic amines) is 1. The molecule has 2 atom stereocenters. The SMILES string of the molecule is CC(C)CN1CC2CC(O)CN2C2(C1)CN(C(=O)c1ccccc1)C2. The van der Waals surface area contributed by atoms with Crippen LogP contribution in [-0.2, 0) is 0 Å². The Hall–Kier alpha value is -1.43. The van der Waals surface area contributed by atoms with E-state index in [2.05, 4.69) is 23.6 Å². The molecule has 1 aromatic carbocycles. The van der Waals surface area contributed by atoms with E-state index in [1.165, 1.54) is 0 Å². The van der Waals surface area contributed by atoms with Gasteiger partial charge in [0.05, 0.1) is 11.6 Å². The van der Waals surface area contributed by atoms with Crippen molar-refractivity contribution < 1.29 is 9.90 Å². The number of rotatable bonds is 3. The van der Waals surface area contributed by atoms with Crippen LogP contribution in [-0.4, -0.2) is 82.7 Å². The summed E-state index contributed by atoms with van der Waals surface area (Å²) in [7, 11) is 0. The summed E-state index contributed by atoms with van der Waals surface area (Å²) in [5.41, 5.74) is 0.796. The molecule has 5 nitrogen and oxygen atoms in total. The number of benzene rings is 1. The van der Waals surface area contributed by atoms with Gasteiger partial charge in [0, 0.05) is 50.9 Å². The molecule has 1 aromatic rings. The van der Waals surface area contributed by atoms with Crippen LogP contribution in [0.25, 0.3) is 0 Å². The van der Waals surface area contributed by atoms with E-state index in [9.17, 15) is 9.90 Å². The van der Waals surface area contributed by atoms with E-state index >= 15 is 0 Å². The van der Waals surface area contributed by atoms with Crippen LogP contribution in [0.3, 0.4) is 0 Å². The third-order valence-corrected chi connectivity index (χ3v) is 5.89. The lowest BCUT2D eigenvalue weighted by Crippen LogP contribution is -2.78. The molecule has 3 aliphatic rings. The zero-order valence-corrected chi connectivity index (χ0v) is 15.3. The molecule has 0 saturated carbocycles. The molecule has 3 fully saturated rings. The maximum Gasteiger partial charge on any atom is 0.253 e. The van der Waals surface area contributed by atoms with Gasteiger partial charge in [-0.3, -0.25) is 14.6 Å². The van der Waals surface area contributed by atoms with E-state index in [0.29, 0.717) is 12.0 Å². The quantitative estimate of drug-likeness (QED) is 0.898. The van der Waals surface area contributed by atoms with Gasteiger partial charge in [0.2, 0.25) is 0 Å². The molecule has 0 aliphatic carbocycles. The first-order valence-corrected chi connectivity index (χ1v) is 9.48. The summed E-state index contributed by atoms with van der Waals surface area (Å²) in [6, 6.07) is 9.98. The Kier molecular flexibility index (Phi) is 4.34. The average Bonchev–Trinajstić information content (AvgIpc) is 2.92. The highest BCUT2D eigenvalue weighted by Gasteiger charge is 2.57. The van der Waals surface area contributed by atoms with Crippen LogP contribution in [0.4, 0.5) is 0 Å². The highest BCUT2D eigenvalue weighted by molar-refractivity contribution is 5.95. The zero-order chi connectivity index (χ0) is 17.6. The lowest BCUT2D eigenvalue weighted by atomic mass is 9.83. The number of fused-ring (bicyclic) bond motifs is 2. The smallest absolute Gasteiger partial charge is 0.253 e. The Morgan fingerprint density at radius 3 is 2.60 bits per heavy atom. The van der Waals surface area contributed by atoms with Crippen molar-refractivity contribution >= 4 is 5.91 Å². The van der Waals surface area contributed by atoms with Crippen LogP contribution in [0, 0.1) is 5.92 Å². The minimum atomic E-state index is -0.222. The predicted octanol–water partition coefficient (Wildman–Crippen LogP) is 1.29. The molecule has 3 saturated heterocycles. The fraction of sp³-hybridized carbons (Fsp3) is 0.650. The largest absolute Gasteiger partial charge is 0.392 e. The van der Waals surface area contributed by atoms with Crippen molar-refractivity contribution in [1.82, 2.24) is 14.7 Å². The molecule has 1 spiro atoms. The first-order valence-electron chi connectivity index (χ1n) is 9.48. The van der Waals surface area contributed by atoms with Crippen molar-refractivity contribution in [1.29, 1.82) is 0 Å². The number of β-amino-alcohol motifs (C(OH)–C–C–N with tert-alkyl or cyclic N) is 1. The van der Waals surface area contributed by atoms with Gasteiger partial charge in [0.25, 0.3) is 5.91 Å². The standard InChI is InChI=1S/C20H29N3O2/c1-15(2)9-21-10-17-8-18(24)11-23(17)20(12-21)13-22(14-20)19(25)16-6-4-3-5-7-16/h3-7,15,17-18,24H,8-14H2,1-2H3. The number of hydrogen-bond donors (Lipinski definition) is 1. The topological polar surface area (TPSA) is 47.0 Å². The van der Waals surface area contributed by atoms with E-state index in [4.69, 9.17) is 0 Å². The molecule has 1 amide bonds. The lowest BCUT2D eigenvalue weighted by Gasteiger charge is -2.61. The van der Waals surface area contributed by atoms with Crippen molar-refractivity contribution in [3.05, 3.63) is 35.9 Å². The van der Waals surface area contributed by atoms with Gasteiger partial charge < -0.3 is 10.0 Å². The molecule has 2 unspecified atom stereocenters. The van der Waals surface area contributed by atoms with Crippen LogP contribution in [0.15, 0.2) is 30.3 Å². The summed E-state index contributed by atoms with van der Waals surface area (Å²) >= 11 is 0. The molecule has 136 valence electrons. The van der Waals surface area contributed by atoms with Crippen molar-refractivity contribution in [2.45, 2.75) is 38.0 Å². The third kappa shape index (κ3) is 3.09. The van der Waals surface area contributed by atoms with E-state index in [-0.39, 0.29) is 17.6 Å². The van der Waals surface area contributed by atoms with Crippen molar-refractivity contribution in [2.24, 2.45) is 5.92 Å². The van der Waals surface area contributed by atoms with Gasteiger partial charge in [-0.05, 0) is 24.5 Å². The van der Waals surface area contributed by atoms with Gasteiger partial charge in [0.1, 0.15) is 0 Å². The summed E-state index contributed by atoms with van der Waals surface area (Å²) in [4.78, 5) is 19.7. The Morgan fingerprint density at radius 1 is 1.20 bits per heavy atom. The fourth-order valence-corrected chi connectivity index (χ4v) is 5.02. The van der Waals surface area contributed by atoms with E-state index < -0.39 is 0 Å². The summed E-state index contributed by atoms with van der Waals surface area (Å²) in [5.74, 6) is 0.764. The highest BCUT2D eigenvalue weighted by atomic mass is 16.3. The highest BCUT2D eigenvalue weighted by Crippen LogP contribution is 2.39. The third-order valence-electron chi connectivity index (χ3n) is 5.89. The summed E-state index contributed by atoms with van der Waals surface area (Å²) in [6.45, 7) is 9.97. The van der Waals surface area contributed by atoms with Crippen LogP contribution in [0.2, 0.25) is 0 Å². The van der Waals surface area contributed by atoms with Crippen LogP contribution >= 0.6 is 0 Å². The molecule has 25 heavy (non-hydrogen) atoms. The van der Waals surface area contributed by atoms with Gasteiger partial charge in [0.15, 0.2) is 0 Å². The second-order valence-electron chi connectivity index (χ2n) is 8.54. The van der Waals surface area contributed by atoms with Gasteiger partial charge in [-0.15, -0.1) is 0 Å². The van der Waals surface area contributed by atoms with E-state index in [1.807, 2.05) is 35.2 Å². The summed E-state index contributed by atoms with van der Waals surface area (Å²) in [5, 5.41) is 10.2. The number of aliphatic hydroxyl groups excluding tert-OH is 1. The first-order chi connectivity index (χ1) is 12.0. The number of amides is 1. The molecule has 5 heteroatoms. The maximum atomic E-state index is 12.7. The van der Waals surface area contributed by atoms with Crippen LogP contribution in [0.1, 0.15) is 30.6 Å². The van der Waals surface area contributed by atoms with Gasteiger partial charge >= 0.3 is 0 Å². The van der Waals surface area contributed by atoms with Gasteiger partial charge in [-0.1, -0.05) is 32.0 Å². The Morgan fingerprint density at radius 2 is 1.92 bits per heavy atom. The number of carbonyl (C=O) groups excluding carboxylic acids is 1. The molecule has 0 aromatic heterocycles. The minimum Gasteiger partial charge on any atom is -0.392 e. The number of hydrogen-bond acceptors (Lipinski definition) is 4. The van der Waals surface area contributed by atoms with E-state index in [0.717, 1.165) is 51.3 Å². The normalized spacial score (nSPS) is 29.0. The number of aliphatic hydroxyl groups is 1. The van der Waals surface area contributed by atoms with Crippen molar-refractivity contribution in [3.63, 3.8) is 0 Å². The molecule has 1 N–H and O–H groups in total. The Balaban J connectivity index is 1.49. The predicted molar refractivity (Wildman–Crippen MR) is 97.5 cm³/mol. The molecule has 0 bridgehead atoms. The molecular weight excluding hydrogens is 314 g/mol. The molecule has 0 radical (unpaired) electrons. The van der Waals surface area contributed by atoms with Crippen molar-refractivity contribution in [2.75, 3.05) is 39.3 Å². The lowest BCUT2D eigenvalue weighted by molar-refractivity contribution is -0.102. The zero-order valence-electron chi connectivity index (χ0n) is 15.3. The van der Waals surface area contributed by atoms with Gasteiger partial charge in [-0.2, -0.15) is 0 Å². The minimum absolute atomic E-state index is 0.0275. The average molecular weight is 343 g/mol. The Labute approximate surface area is 150 Å². The summed E-state index contributed by atoms with van der Waals surface area (Å²) < 4.78 is 0. The maximum absolute atomic E-state index is 12.7. The van der Waals surface area contributed by atoms with Crippen LogP contribution in [0.5, 0.6) is 0 Å². The molecule has 3 aliphatic heterocycles. The number of carbonyl (C=O) groups is 1. The molecule has 3 heterocycles. The second kappa shape index (κ2) is 6.38. The molecular formula is C20H29N3O2. The van der Waals surface area contributed by atoms with Gasteiger partial charge in [-0.25, -0.2) is 0 Å². The van der Waals surface area contributed by atoms with Crippen molar-refractivity contribution in [3.8, 4) is 0 Å².